The quantitative estimate of drug-likeness (QED) is 0.796. The first kappa shape index (κ1) is 17.1. The number of thiazole rings is 1. The molecular weight excluding hydrogens is 322 g/mol. The molecule has 2 rings (SSSR count). The van der Waals surface area contributed by atoms with E-state index >= 15 is 0 Å². The number of anilines is 1. The van der Waals surface area contributed by atoms with Gasteiger partial charge in [0.15, 0.2) is 5.13 Å². The molecule has 1 saturated heterocycles. The van der Waals surface area contributed by atoms with Crippen molar-refractivity contribution in [1.82, 2.24) is 13.6 Å². The van der Waals surface area contributed by atoms with Crippen molar-refractivity contribution in [3.05, 3.63) is 11.6 Å². The van der Waals surface area contributed by atoms with Crippen LogP contribution in [0.15, 0.2) is 11.6 Å². The zero-order valence-corrected chi connectivity index (χ0v) is 14.5. The van der Waals surface area contributed by atoms with E-state index in [1.807, 2.05) is 5.38 Å². The van der Waals surface area contributed by atoms with E-state index in [0.717, 1.165) is 18.1 Å². The molecule has 1 atom stereocenters. The van der Waals surface area contributed by atoms with Gasteiger partial charge >= 0.3 is 0 Å². The van der Waals surface area contributed by atoms with Gasteiger partial charge in [0.2, 0.25) is 0 Å². The number of nitrogens with zero attached hydrogens (tertiary/aromatic N) is 5. The second kappa shape index (κ2) is 7.37. The van der Waals surface area contributed by atoms with Crippen LogP contribution in [0.3, 0.4) is 0 Å². The molecule has 0 bridgehead atoms. The van der Waals surface area contributed by atoms with E-state index in [1.165, 1.54) is 15.7 Å². The summed E-state index contributed by atoms with van der Waals surface area (Å²) in [6, 6.07) is 2.07. The van der Waals surface area contributed by atoms with Crippen LogP contribution < -0.4 is 4.90 Å². The zero-order chi connectivity index (χ0) is 16.2. The van der Waals surface area contributed by atoms with Crippen LogP contribution in [0.1, 0.15) is 13.3 Å². The lowest BCUT2D eigenvalue weighted by molar-refractivity contribution is 0.360. The number of hydrogen-bond acceptors (Lipinski definition) is 6. The minimum atomic E-state index is -3.51. The predicted octanol–water partition coefficient (Wildman–Crippen LogP) is 0.991. The van der Waals surface area contributed by atoms with Crippen molar-refractivity contribution in [2.24, 2.45) is 5.92 Å². The van der Waals surface area contributed by atoms with Crippen LogP contribution in [0, 0.1) is 17.2 Å². The van der Waals surface area contributed by atoms with E-state index in [9.17, 15) is 8.42 Å². The maximum Gasteiger partial charge on any atom is 0.281 e. The fraction of sp³-hybridized carbons (Fsp3) is 0.692. The van der Waals surface area contributed by atoms with Crippen molar-refractivity contribution in [2.45, 2.75) is 13.3 Å². The molecule has 0 amide bonds. The lowest BCUT2D eigenvalue weighted by Crippen LogP contribution is -2.44. The fourth-order valence-corrected chi connectivity index (χ4v) is 4.58. The SMILES string of the molecule is C[C@@H](C#N)CN(C)S(=O)(=O)N1CCCN(c2nccs2)CC1. The molecule has 2 heterocycles. The Balaban J connectivity index is 2.02. The lowest BCUT2D eigenvalue weighted by Gasteiger charge is -2.27. The maximum absolute atomic E-state index is 12.6. The molecule has 1 aliphatic heterocycles. The summed E-state index contributed by atoms with van der Waals surface area (Å²) < 4.78 is 28.0. The summed E-state index contributed by atoms with van der Waals surface area (Å²) in [6.45, 7) is 4.30. The summed E-state index contributed by atoms with van der Waals surface area (Å²) in [5.41, 5.74) is 0. The molecule has 1 aliphatic rings. The Kier molecular flexibility index (Phi) is 5.74. The van der Waals surface area contributed by atoms with Crippen LogP contribution in [0.2, 0.25) is 0 Å². The average molecular weight is 343 g/mol. The first-order valence-corrected chi connectivity index (χ1v) is 9.48. The van der Waals surface area contributed by atoms with E-state index in [-0.39, 0.29) is 12.5 Å². The van der Waals surface area contributed by atoms with Crippen molar-refractivity contribution in [3.63, 3.8) is 0 Å². The zero-order valence-electron chi connectivity index (χ0n) is 12.8. The van der Waals surface area contributed by atoms with E-state index in [2.05, 4.69) is 16.0 Å². The second-order valence-corrected chi connectivity index (χ2v) is 8.28. The summed E-state index contributed by atoms with van der Waals surface area (Å²) in [5.74, 6) is -0.321. The molecule has 9 heteroatoms. The summed E-state index contributed by atoms with van der Waals surface area (Å²) in [7, 11) is -1.98. The molecule has 0 aromatic carbocycles. The molecule has 1 aromatic heterocycles. The first-order chi connectivity index (χ1) is 10.4. The van der Waals surface area contributed by atoms with Crippen molar-refractivity contribution in [3.8, 4) is 6.07 Å². The van der Waals surface area contributed by atoms with Crippen LogP contribution in [-0.2, 0) is 10.2 Å². The number of hydrogen-bond donors (Lipinski definition) is 0. The minimum absolute atomic E-state index is 0.214. The van der Waals surface area contributed by atoms with Crippen LogP contribution in [0.4, 0.5) is 5.13 Å². The van der Waals surface area contributed by atoms with Gasteiger partial charge in [0.25, 0.3) is 10.2 Å². The molecule has 0 saturated carbocycles. The van der Waals surface area contributed by atoms with Gasteiger partial charge in [-0.05, 0) is 13.3 Å². The molecule has 0 aliphatic carbocycles. The topological polar surface area (TPSA) is 80.5 Å². The maximum atomic E-state index is 12.6. The molecule has 1 fully saturated rings. The fourth-order valence-electron chi connectivity index (χ4n) is 2.41. The van der Waals surface area contributed by atoms with Crippen molar-refractivity contribution >= 4 is 26.7 Å². The van der Waals surface area contributed by atoms with Crippen LogP contribution in [0.5, 0.6) is 0 Å². The summed E-state index contributed by atoms with van der Waals surface area (Å²) >= 11 is 1.57. The largest absolute Gasteiger partial charge is 0.347 e. The highest BCUT2D eigenvalue weighted by molar-refractivity contribution is 7.86. The third kappa shape index (κ3) is 3.95. The van der Waals surface area contributed by atoms with Crippen molar-refractivity contribution in [2.75, 3.05) is 44.7 Å². The van der Waals surface area contributed by atoms with Gasteiger partial charge in [-0.2, -0.15) is 22.3 Å². The van der Waals surface area contributed by atoms with E-state index in [4.69, 9.17) is 5.26 Å². The minimum Gasteiger partial charge on any atom is -0.347 e. The van der Waals surface area contributed by atoms with E-state index < -0.39 is 10.2 Å². The molecule has 122 valence electrons. The van der Waals surface area contributed by atoms with Gasteiger partial charge in [0, 0.05) is 51.3 Å². The Morgan fingerprint density at radius 2 is 2.23 bits per heavy atom. The molecule has 0 N–H and O–H groups in total. The van der Waals surface area contributed by atoms with Crippen molar-refractivity contribution in [1.29, 1.82) is 5.26 Å². The number of nitriles is 1. The van der Waals surface area contributed by atoms with E-state index in [0.29, 0.717) is 19.6 Å². The Labute approximate surface area is 136 Å². The lowest BCUT2D eigenvalue weighted by atomic mass is 10.2. The summed E-state index contributed by atoms with van der Waals surface area (Å²) in [4.78, 5) is 6.41. The van der Waals surface area contributed by atoms with Gasteiger partial charge in [0.05, 0.1) is 12.0 Å². The van der Waals surface area contributed by atoms with Gasteiger partial charge in [0.1, 0.15) is 0 Å². The van der Waals surface area contributed by atoms with Crippen LogP contribution in [-0.4, -0.2) is 61.8 Å². The normalized spacial score (nSPS) is 18.9. The average Bonchev–Trinajstić information content (AvgIpc) is 2.91. The molecule has 7 nitrogen and oxygen atoms in total. The van der Waals surface area contributed by atoms with Gasteiger partial charge in [-0.1, -0.05) is 0 Å². The van der Waals surface area contributed by atoms with Gasteiger partial charge < -0.3 is 4.90 Å². The molecule has 0 spiro atoms. The summed E-state index contributed by atoms with van der Waals surface area (Å²) in [6.07, 6.45) is 2.52. The molecule has 22 heavy (non-hydrogen) atoms. The van der Waals surface area contributed by atoms with Gasteiger partial charge in [-0.15, -0.1) is 11.3 Å². The first-order valence-electron chi connectivity index (χ1n) is 7.20. The van der Waals surface area contributed by atoms with Crippen molar-refractivity contribution < 1.29 is 8.42 Å². The van der Waals surface area contributed by atoms with E-state index in [1.54, 1.807) is 24.5 Å². The Hall–Kier alpha value is -1.21. The molecule has 0 radical (unpaired) electrons. The number of aromatic nitrogens is 1. The Morgan fingerprint density at radius 3 is 2.86 bits per heavy atom. The third-order valence-electron chi connectivity index (χ3n) is 3.62. The number of rotatable bonds is 5. The van der Waals surface area contributed by atoms with Gasteiger partial charge in [-0.3, -0.25) is 0 Å². The molecular formula is C13H21N5O2S2. The highest BCUT2D eigenvalue weighted by atomic mass is 32.2. The standard InChI is InChI=1S/C13H21N5O2S2/c1-12(10-14)11-16(2)22(19,20)18-6-3-5-17(7-8-18)13-15-4-9-21-13/h4,9,12H,3,5-8,11H2,1-2H3/t12-/m0/s1. The highest BCUT2D eigenvalue weighted by Crippen LogP contribution is 2.20. The Morgan fingerprint density at radius 1 is 1.45 bits per heavy atom. The van der Waals surface area contributed by atoms with Gasteiger partial charge in [-0.25, -0.2) is 4.98 Å². The monoisotopic (exact) mass is 343 g/mol. The second-order valence-electron chi connectivity index (χ2n) is 5.37. The Bertz CT molecular complexity index is 611. The van der Waals surface area contributed by atoms with Crippen LogP contribution >= 0.6 is 11.3 Å². The summed E-state index contributed by atoms with van der Waals surface area (Å²) in [5, 5.41) is 11.7. The van der Waals surface area contributed by atoms with Crippen LogP contribution in [0.25, 0.3) is 0 Å². The highest BCUT2D eigenvalue weighted by Gasteiger charge is 2.30. The third-order valence-corrected chi connectivity index (χ3v) is 6.40. The molecule has 0 unspecified atom stereocenters. The smallest absolute Gasteiger partial charge is 0.281 e. The molecule has 1 aromatic rings. The predicted molar refractivity (Wildman–Crippen MR) is 86.8 cm³/mol.